The van der Waals surface area contributed by atoms with Crippen molar-refractivity contribution in [2.75, 3.05) is 7.11 Å². The molecule has 0 aromatic heterocycles. The van der Waals surface area contributed by atoms with E-state index < -0.39 is 0 Å². The molecule has 1 rings (SSSR count). The smallest absolute Gasteiger partial charge is 0.330 e. The van der Waals surface area contributed by atoms with Crippen molar-refractivity contribution in [2.24, 2.45) is 5.92 Å². The Morgan fingerprint density at radius 2 is 2.42 bits per heavy atom. The summed E-state index contributed by atoms with van der Waals surface area (Å²) < 4.78 is 4.57. The van der Waals surface area contributed by atoms with Crippen molar-refractivity contribution in [3.63, 3.8) is 0 Å². The molecule has 0 aliphatic heterocycles. The molecular formula is C10H16O2. The van der Waals surface area contributed by atoms with Crippen molar-refractivity contribution < 1.29 is 9.53 Å². The molecule has 1 saturated carbocycles. The standard InChI is InChI=1S/C10H16O2/c1-8-4-3-5-9(6-8)7-10(11)12-2/h7-8H,3-6H2,1-2H3/b9-7+. The zero-order valence-electron chi connectivity index (χ0n) is 7.80. The summed E-state index contributed by atoms with van der Waals surface area (Å²) in [5.74, 6) is 0.522. The topological polar surface area (TPSA) is 26.3 Å². The normalized spacial score (nSPS) is 27.2. The molecule has 0 radical (unpaired) electrons. The molecule has 0 spiro atoms. The Kier molecular flexibility index (Phi) is 3.32. The molecule has 1 aliphatic carbocycles. The lowest BCUT2D eigenvalue weighted by atomic mass is 9.87. The summed E-state index contributed by atoms with van der Waals surface area (Å²) in [5.41, 5.74) is 1.25. The Bertz CT molecular complexity index is 194. The van der Waals surface area contributed by atoms with Crippen LogP contribution in [0.1, 0.15) is 32.6 Å². The second-order valence-corrected chi connectivity index (χ2v) is 3.53. The van der Waals surface area contributed by atoms with Crippen LogP contribution < -0.4 is 0 Å². The van der Waals surface area contributed by atoms with E-state index in [2.05, 4.69) is 11.7 Å². The Labute approximate surface area is 73.6 Å². The van der Waals surface area contributed by atoms with E-state index in [4.69, 9.17) is 0 Å². The van der Waals surface area contributed by atoms with Crippen molar-refractivity contribution in [1.29, 1.82) is 0 Å². The van der Waals surface area contributed by atoms with Gasteiger partial charge >= 0.3 is 5.97 Å². The number of rotatable bonds is 1. The van der Waals surface area contributed by atoms with Gasteiger partial charge < -0.3 is 4.74 Å². The molecule has 0 saturated heterocycles. The van der Waals surface area contributed by atoms with E-state index in [0.29, 0.717) is 0 Å². The molecule has 0 aromatic rings. The number of esters is 1. The number of hydrogen-bond acceptors (Lipinski definition) is 2. The molecule has 0 aromatic carbocycles. The highest BCUT2D eigenvalue weighted by atomic mass is 16.5. The minimum Gasteiger partial charge on any atom is -0.466 e. The third-order valence-electron chi connectivity index (χ3n) is 2.33. The minimum atomic E-state index is -0.209. The van der Waals surface area contributed by atoms with E-state index in [1.54, 1.807) is 6.08 Å². The summed E-state index contributed by atoms with van der Waals surface area (Å²) in [6.45, 7) is 2.23. The first-order valence-electron chi connectivity index (χ1n) is 4.49. The van der Waals surface area contributed by atoms with Crippen LogP contribution in [0.4, 0.5) is 0 Å². The van der Waals surface area contributed by atoms with Gasteiger partial charge in [0.05, 0.1) is 7.11 Å². The van der Waals surface area contributed by atoms with Gasteiger partial charge in [0.2, 0.25) is 0 Å². The molecule has 1 fully saturated rings. The van der Waals surface area contributed by atoms with Gasteiger partial charge in [-0.15, -0.1) is 0 Å². The minimum absolute atomic E-state index is 0.209. The first-order valence-corrected chi connectivity index (χ1v) is 4.49. The quantitative estimate of drug-likeness (QED) is 0.443. The summed E-state index contributed by atoms with van der Waals surface area (Å²) in [6.07, 6.45) is 6.28. The van der Waals surface area contributed by atoms with Crippen molar-refractivity contribution in [2.45, 2.75) is 32.6 Å². The SMILES string of the molecule is COC(=O)/C=C1\CCCC(C)C1. The first kappa shape index (κ1) is 9.30. The molecule has 2 nitrogen and oxygen atoms in total. The Morgan fingerprint density at radius 1 is 1.67 bits per heavy atom. The van der Waals surface area contributed by atoms with E-state index in [9.17, 15) is 4.79 Å². The fourth-order valence-electron chi connectivity index (χ4n) is 1.69. The van der Waals surface area contributed by atoms with Crippen molar-refractivity contribution in [1.82, 2.24) is 0 Å². The molecule has 1 aliphatic rings. The van der Waals surface area contributed by atoms with Crippen LogP contribution in [-0.4, -0.2) is 13.1 Å². The number of methoxy groups -OCH3 is 1. The lowest BCUT2D eigenvalue weighted by Crippen LogP contribution is -2.06. The monoisotopic (exact) mass is 168 g/mol. The molecule has 0 bridgehead atoms. The lowest BCUT2D eigenvalue weighted by Gasteiger charge is -2.19. The predicted molar refractivity (Wildman–Crippen MR) is 47.7 cm³/mol. The number of allylic oxidation sites excluding steroid dienone is 1. The number of ether oxygens (including phenoxy) is 1. The van der Waals surface area contributed by atoms with Crippen LogP contribution in [0.2, 0.25) is 0 Å². The molecule has 1 atom stereocenters. The van der Waals surface area contributed by atoms with Gasteiger partial charge in [0.1, 0.15) is 0 Å². The van der Waals surface area contributed by atoms with E-state index >= 15 is 0 Å². The second kappa shape index (κ2) is 4.29. The summed E-state index contributed by atoms with van der Waals surface area (Å²) in [4.78, 5) is 10.9. The van der Waals surface area contributed by atoms with Crippen LogP contribution in [0.3, 0.4) is 0 Å². The van der Waals surface area contributed by atoms with Crippen LogP contribution in [0.5, 0.6) is 0 Å². The van der Waals surface area contributed by atoms with Crippen LogP contribution in [0.15, 0.2) is 11.6 Å². The van der Waals surface area contributed by atoms with Crippen molar-refractivity contribution >= 4 is 5.97 Å². The summed E-state index contributed by atoms with van der Waals surface area (Å²) in [5, 5.41) is 0. The fourth-order valence-corrected chi connectivity index (χ4v) is 1.69. The van der Waals surface area contributed by atoms with E-state index in [-0.39, 0.29) is 5.97 Å². The number of hydrogen-bond donors (Lipinski definition) is 0. The third kappa shape index (κ3) is 2.68. The van der Waals surface area contributed by atoms with E-state index in [1.165, 1.54) is 25.5 Å². The van der Waals surface area contributed by atoms with Crippen LogP contribution in [0, 0.1) is 5.92 Å². The molecular weight excluding hydrogens is 152 g/mol. The summed E-state index contributed by atoms with van der Waals surface area (Å²) in [6, 6.07) is 0. The van der Waals surface area contributed by atoms with Gasteiger partial charge in [-0.3, -0.25) is 0 Å². The van der Waals surface area contributed by atoms with Gasteiger partial charge in [0.15, 0.2) is 0 Å². The number of carbonyl (C=O) groups is 1. The average Bonchev–Trinajstić information content (AvgIpc) is 2.04. The highest BCUT2D eigenvalue weighted by Gasteiger charge is 2.13. The highest BCUT2D eigenvalue weighted by molar-refractivity contribution is 5.82. The summed E-state index contributed by atoms with van der Waals surface area (Å²) in [7, 11) is 1.42. The van der Waals surface area contributed by atoms with Gasteiger partial charge in [-0.25, -0.2) is 4.79 Å². The zero-order chi connectivity index (χ0) is 8.97. The predicted octanol–water partition coefficient (Wildman–Crippen LogP) is 2.30. The zero-order valence-corrected chi connectivity index (χ0v) is 7.80. The van der Waals surface area contributed by atoms with E-state index in [1.807, 2.05) is 0 Å². The molecule has 0 amide bonds. The van der Waals surface area contributed by atoms with E-state index in [0.717, 1.165) is 18.8 Å². The number of carbonyl (C=O) groups excluding carboxylic acids is 1. The molecule has 12 heavy (non-hydrogen) atoms. The molecule has 0 N–H and O–H groups in total. The Morgan fingerprint density at radius 3 is 3.00 bits per heavy atom. The molecule has 2 heteroatoms. The Hall–Kier alpha value is -0.790. The van der Waals surface area contributed by atoms with Crippen molar-refractivity contribution in [3.8, 4) is 0 Å². The molecule has 0 heterocycles. The molecule has 1 unspecified atom stereocenters. The second-order valence-electron chi connectivity index (χ2n) is 3.53. The van der Waals surface area contributed by atoms with Gasteiger partial charge in [-0.2, -0.15) is 0 Å². The van der Waals surface area contributed by atoms with Crippen LogP contribution >= 0.6 is 0 Å². The third-order valence-corrected chi connectivity index (χ3v) is 2.33. The van der Waals surface area contributed by atoms with Crippen LogP contribution in [-0.2, 0) is 9.53 Å². The van der Waals surface area contributed by atoms with Gasteiger partial charge in [-0.05, 0) is 25.2 Å². The largest absolute Gasteiger partial charge is 0.466 e. The highest BCUT2D eigenvalue weighted by Crippen LogP contribution is 2.27. The first-order chi connectivity index (χ1) is 5.72. The van der Waals surface area contributed by atoms with Gasteiger partial charge in [0, 0.05) is 6.08 Å². The lowest BCUT2D eigenvalue weighted by molar-refractivity contribution is -0.134. The Balaban J connectivity index is 2.50. The van der Waals surface area contributed by atoms with Gasteiger partial charge in [0.25, 0.3) is 0 Å². The maximum atomic E-state index is 10.9. The van der Waals surface area contributed by atoms with Gasteiger partial charge in [-0.1, -0.05) is 18.9 Å². The maximum absolute atomic E-state index is 10.9. The fraction of sp³-hybridized carbons (Fsp3) is 0.700. The molecule has 68 valence electrons. The summed E-state index contributed by atoms with van der Waals surface area (Å²) >= 11 is 0. The maximum Gasteiger partial charge on any atom is 0.330 e. The van der Waals surface area contributed by atoms with Crippen molar-refractivity contribution in [3.05, 3.63) is 11.6 Å². The average molecular weight is 168 g/mol. The van der Waals surface area contributed by atoms with Crippen LogP contribution in [0.25, 0.3) is 0 Å².